The predicted octanol–water partition coefficient (Wildman–Crippen LogP) is 3.92. The van der Waals surface area contributed by atoms with E-state index in [1.54, 1.807) is 0 Å². The summed E-state index contributed by atoms with van der Waals surface area (Å²) in [6.45, 7) is 1.17. The molecule has 0 aliphatic carbocycles. The molecule has 0 radical (unpaired) electrons. The first-order valence-corrected chi connectivity index (χ1v) is 5.82. The molecule has 0 aliphatic heterocycles. The molecule has 0 aromatic rings. The Morgan fingerprint density at radius 1 is 1.11 bits per heavy atom. The van der Waals surface area contributed by atoms with Gasteiger partial charge in [0.25, 0.3) is 0 Å². The quantitative estimate of drug-likeness (QED) is 0.692. The maximum atomic E-state index is 13.0. The van der Waals surface area contributed by atoms with E-state index in [1.165, 1.54) is 6.92 Å². The van der Waals surface area contributed by atoms with Crippen LogP contribution in [0.1, 0.15) is 19.8 Å². The molecule has 9 heteroatoms. The number of carbonyl (C=O) groups excluding carboxylic acids is 1. The number of thioether (sulfide) groups is 1. The van der Waals surface area contributed by atoms with Crippen molar-refractivity contribution in [3.05, 3.63) is 0 Å². The van der Waals surface area contributed by atoms with E-state index in [9.17, 15) is 35.5 Å². The first kappa shape index (κ1) is 17.5. The second kappa shape index (κ2) is 6.63. The van der Waals surface area contributed by atoms with Crippen LogP contribution in [-0.2, 0) is 4.79 Å². The maximum absolute atomic E-state index is 13.0. The average molecular weight is 300 g/mol. The summed E-state index contributed by atoms with van der Waals surface area (Å²) < 4.78 is 85.8. The van der Waals surface area contributed by atoms with Crippen LogP contribution in [0.5, 0.6) is 0 Å². The van der Waals surface area contributed by atoms with E-state index in [2.05, 4.69) is 0 Å². The minimum atomic E-state index is -5.90. The summed E-state index contributed by atoms with van der Waals surface area (Å²) >= 11 is 0.645. The molecule has 0 rings (SSSR count). The van der Waals surface area contributed by atoms with Crippen molar-refractivity contribution in [1.29, 1.82) is 0 Å². The number of carbonyl (C=O) groups is 1. The van der Waals surface area contributed by atoms with Crippen molar-refractivity contribution in [2.24, 2.45) is 0 Å². The molecule has 0 spiro atoms. The van der Waals surface area contributed by atoms with Crippen molar-refractivity contribution in [1.82, 2.24) is 0 Å². The second-order valence-electron chi connectivity index (χ2n) is 3.57. The SMILES string of the molecule is CC(=O)SCCC(F)C(F)CC(F)(F)C(F)(F)F. The molecule has 0 N–H and O–H groups in total. The molecule has 108 valence electrons. The molecule has 0 bridgehead atoms. The first-order chi connectivity index (χ1) is 7.97. The fraction of sp³-hybridized carbons (Fsp3) is 0.889. The van der Waals surface area contributed by atoms with Crippen LogP contribution in [0.4, 0.5) is 30.7 Å². The minimum Gasteiger partial charge on any atom is -0.288 e. The van der Waals surface area contributed by atoms with Crippen molar-refractivity contribution >= 4 is 16.9 Å². The first-order valence-electron chi connectivity index (χ1n) is 4.83. The summed E-state index contributed by atoms with van der Waals surface area (Å²) in [7, 11) is 0. The third kappa shape index (κ3) is 5.92. The van der Waals surface area contributed by atoms with Gasteiger partial charge in [-0.3, -0.25) is 4.79 Å². The fourth-order valence-electron chi connectivity index (χ4n) is 0.985. The van der Waals surface area contributed by atoms with E-state index < -0.39 is 37.3 Å². The lowest BCUT2D eigenvalue weighted by molar-refractivity contribution is -0.289. The Kier molecular flexibility index (Phi) is 6.45. The van der Waals surface area contributed by atoms with Crippen LogP contribution >= 0.6 is 11.8 Å². The van der Waals surface area contributed by atoms with Crippen LogP contribution < -0.4 is 0 Å². The molecular weight excluding hydrogens is 289 g/mol. The van der Waals surface area contributed by atoms with E-state index in [-0.39, 0.29) is 10.9 Å². The molecule has 2 atom stereocenters. The summed E-state index contributed by atoms with van der Waals surface area (Å²) in [6.07, 6.45) is -14.1. The molecule has 0 saturated carbocycles. The zero-order chi connectivity index (χ0) is 14.6. The highest BCUT2D eigenvalue weighted by atomic mass is 32.2. The van der Waals surface area contributed by atoms with Crippen LogP contribution in [0.3, 0.4) is 0 Å². The van der Waals surface area contributed by atoms with Crippen molar-refractivity contribution in [3.63, 3.8) is 0 Å². The third-order valence-electron chi connectivity index (χ3n) is 1.96. The Balaban J connectivity index is 4.23. The third-order valence-corrected chi connectivity index (χ3v) is 2.80. The van der Waals surface area contributed by atoms with Gasteiger partial charge in [0.2, 0.25) is 0 Å². The number of hydrogen-bond donors (Lipinski definition) is 0. The molecule has 0 aromatic carbocycles. The van der Waals surface area contributed by atoms with E-state index in [4.69, 9.17) is 0 Å². The van der Waals surface area contributed by atoms with Crippen LogP contribution in [0, 0.1) is 0 Å². The highest BCUT2D eigenvalue weighted by Gasteiger charge is 2.58. The molecule has 0 heterocycles. The van der Waals surface area contributed by atoms with Crippen LogP contribution in [0.2, 0.25) is 0 Å². The molecule has 0 saturated heterocycles. The molecule has 0 aliphatic rings. The van der Waals surface area contributed by atoms with Gasteiger partial charge in [-0.1, -0.05) is 11.8 Å². The summed E-state index contributed by atoms with van der Waals surface area (Å²) in [6, 6.07) is 0. The van der Waals surface area contributed by atoms with Crippen LogP contribution in [-0.4, -0.2) is 35.3 Å². The lowest BCUT2D eigenvalue weighted by Crippen LogP contribution is -2.40. The Bertz CT molecular complexity index is 279. The number of halogens is 7. The molecular formula is C9H11F7OS. The highest BCUT2D eigenvalue weighted by Crippen LogP contribution is 2.40. The second-order valence-corrected chi connectivity index (χ2v) is 4.84. The largest absolute Gasteiger partial charge is 0.453 e. The van der Waals surface area contributed by atoms with Gasteiger partial charge in [0, 0.05) is 12.7 Å². The van der Waals surface area contributed by atoms with Gasteiger partial charge in [0.05, 0.1) is 6.42 Å². The summed E-state index contributed by atoms with van der Waals surface area (Å²) in [5.74, 6) is -5.43. The molecule has 2 unspecified atom stereocenters. The van der Waals surface area contributed by atoms with Crippen LogP contribution in [0.15, 0.2) is 0 Å². The van der Waals surface area contributed by atoms with Gasteiger partial charge >= 0.3 is 12.1 Å². The van der Waals surface area contributed by atoms with Gasteiger partial charge in [-0.15, -0.1) is 0 Å². The Morgan fingerprint density at radius 3 is 2.00 bits per heavy atom. The Hall–Kier alpha value is -0.470. The highest BCUT2D eigenvalue weighted by molar-refractivity contribution is 8.13. The molecule has 1 nitrogen and oxygen atoms in total. The van der Waals surface area contributed by atoms with Gasteiger partial charge < -0.3 is 0 Å². The number of alkyl halides is 7. The van der Waals surface area contributed by atoms with Gasteiger partial charge in [0.15, 0.2) is 5.12 Å². The zero-order valence-corrected chi connectivity index (χ0v) is 10.1. The van der Waals surface area contributed by atoms with Gasteiger partial charge in [-0.25, -0.2) is 8.78 Å². The number of rotatable bonds is 6. The fourth-order valence-corrected chi connectivity index (χ4v) is 1.62. The minimum absolute atomic E-state index is 0.172. The smallest absolute Gasteiger partial charge is 0.288 e. The zero-order valence-electron chi connectivity index (χ0n) is 9.24. The standard InChI is InChI=1S/C9H11F7OS/c1-5(17)18-3-2-6(10)7(11)4-8(12,13)9(14,15)16/h6-7H,2-4H2,1H3. The van der Waals surface area contributed by atoms with Crippen molar-refractivity contribution in [2.45, 2.75) is 44.2 Å². The van der Waals surface area contributed by atoms with E-state index in [0.29, 0.717) is 11.8 Å². The number of hydrogen-bond acceptors (Lipinski definition) is 2. The van der Waals surface area contributed by atoms with Gasteiger partial charge in [-0.05, 0) is 6.42 Å². The molecule has 18 heavy (non-hydrogen) atoms. The Labute approximate surface area is 103 Å². The maximum Gasteiger partial charge on any atom is 0.453 e. The van der Waals surface area contributed by atoms with Gasteiger partial charge in [-0.2, -0.15) is 22.0 Å². The normalized spacial score (nSPS) is 16.4. The predicted molar refractivity (Wildman–Crippen MR) is 53.2 cm³/mol. The van der Waals surface area contributed by atoms with E-state index >= 15 is 0 Å². The molecule has 0 amide bonds. The monoisotopic (exact) mass is 300 g/mol. The summed E-state index contributed by atoms with van der Waals surface area (Å²) in [4.78, 5) is 10.4. The van der Waals surface area contributed by atoms with Crippen molar-refractivity contribution < 1.29 is 35.5 Å². The molecule has 0 aromatic heterocycles. The lowest BCUT2D eigenvalue weighted by Gasteiger charge is -2.22. The van der Waals surface area contributed by atoms with E-state index in [0.717, 1.165) is 0 Å². The van der Waals surface area contributed by atoms with E-state index in [1.807, 2.05) is 0 Å². The summed E-state index contributed by atoms with van der Waals surface area (Å²) in [5, 5.41) is -0.377. The average Bonchev–Trinajstić information content (AvgIpc) is 2.14. The van der Waals surface area contributed by atoms with Crippen LogP contribution in [0.25, 0.3) is 0 Å². The summed E-state index contributed by atoms with van der Waals surface area (Å²) in [5.41, 5.74) is 0. The van der Waals surface area contributed by atoms with Gasteiger partial charge in [0.1, 0.15) is 12.3 Å². The Morgan fingerprint density at radius 2 is 1.61 bits per heavy atom. The van der Waals surface area contributed by atoms with Crippen molar-refractivity contribution in [3.8, 4) is 0 Å². The lowest BCUT2D eigenvalue weighted by atomic mass is 10.1. The van der Waals surface area contributed by atoms with Crippen molar-refractivity contribution in [2.75, 3.05) is 5.75 Å². The molecule has 0 fully saturated rings. The topological polar surface area (TPSA) is 17.1 Å².